The van der Waals surface area contributed by atoms with Crippen molar-refractivity contribution in [3.63, 3.8) is 0 Å². The minimum absolute atomic E-state index is 0.00923. The molecule has 38 heavy (non-hydrogen) atoms. The number of methoxy groups -OCH3 is 1. The van der Waals surface area contributed by atoms with Crippen LogP contribution in [-0.2, 0) is 26.2 Å². The molecule has 1 unspecified atom stereocenters. The van der Waals surface area contributed by atoms with E-state index in [-0.39, 0.29) is 17.3 Å². The van der Waals surface area contributed by atoms with Crippen molar-refractivity contribution >= 4 is 39.1 Å². The molecule has 0 fully saturated rings. The molecule has 0 heterocycles. The first-order valence-electron chi connectivity index (χ1n) is 12.2. The third-order valence-corrected chi connectivity index (χ3v) is 8.01. The maximum atomic E-state index is 13.9. The average molecular weight is 558 g/mol. The lowest BCUT2D eigenvalue weighted by molar-refractivity contribution is -0.140. The van der Waals surface area contributed by atoms with Gasteiger partial charge < -0.3 is 15.0 Å². The largest absolute Gasteiger partial charge is 0.497 e. The topological polar surface area (TPSA) is 96.0 Å². The number of ether oxygens (including phenoxy) is 1. The van der Waals surface area contributed by atoms with Crippen LogP contribution in [0.2, 0.25) is 5.02 Å². The standard InChI is InChI=1S/C28H32ClN3O5S/c1-4-26(28(34)30-5-2)31(19-21-11-13-22(29)14-12-21)27(33)20-32(23-9-7-6-8-10-23)38(35,36)25-17-15-24(37-3)16-18-25/h6-18,26H,4-5,19-20H2,1-3H3,(H,30,34). The smallest absolute Gasteiger partial charge is 0.264 e. The summed E-state index contributed by atoms with van der Waals surface area (Å²) in [6.07, 6.45) is 0.349. The molecule has 1 atom stereocenters. The van der Waals surface area contributed by atoms with Gasteiger partial charge in [0.1, 0.15) is 18.3 Å². The number of sulfonamides is 1. The maximum Gasteiger partial charge on any atom is 0.264 e. The third-order valence-electron chi connectivity index (χ3n) is 5.97. The van der Waals surface area contributed by atoms with E-state index in [0.717, 1.165) is 9.87 Å². The number of nitrogens with zero attached hydrogens (tertiary/aromatic N) is 2. The van der Waals surface area contributed by atoms with Gasteiger partial charge in [-0.15, -0.1) is 0 Å². The molecule has 0 saturated heterocycles. The van der Waals surface area contributed by atoms with Gasteiger partial charge >= 0.3 is 0 Å². The van der Waals surface area contributed by atoms with Gasteiger partial charge in [-0.1, -0.05) is 48.9 Å². The van der Waals surface area contributed by atoms with Gasteiger partial charge in [-0.3, -0.25) is 13.9 Å². The molecular formula is C28H32ClN3O5S. The van der Waals surface area contributed by atoms with Crippen LogP contribution in [0.15, 0.2) is 83.8 Å². The Hall–Kier alpha value is -3.56. The van der Waals surface area contributed by atoms with E-state index in [9.17, 15) is 18.0 Å². The molecule has 10 heteroatoms. The minimum atomic E-state index is -4.14. The molecule has 1 N–H and O–H groups in total. The monoisotopic (exact) mass is 557 g/mol. The van der Waals surface area contributed by atoms with E-state index < -0.39 is 28.5 Å². The first kappa shape index (κ1) is 29.0. The summed E-state index contributed by atoms with van der Waals surface area (Å²) in [5, 5.41) is 3.33. The average Bonchev–Trinajstić information content (AvgIpc) is 2.93. The Bertz CT molecular complexity index is 1320. The highest BCUT2D eigenvalue weighted by molar-refractivity contribution is 7.92. The van der Waals surface area contributed by atoms with E-state index >= 15 is 0 Å². The van der Waals surface area contributed by atoms with Crippen LogP contribution in [0.25, 0.3) is 0 Å². The van der Waals surface area contributed by atoms with Crippen LogP contribution in [0.3, 0.4) is 0 Å². The normalized spacial score (nSPS) is 11.9. The second-order valence-electron chi connectivity index (χ2n) is 8.49. The number of hydrogen-bond donors (Lipinski definition) is 1. The summed E-state index contributed by atoms with van der Waals surface area (Å²) in [7, 11) is -2.64. The molecule has 2 amide bonds. The number of nitrogens with one attached hydrogen (secondary N) is 1. The molecule has 3 aromatic rings. The molecule has 0 aliphatic rings. The Balaban J connectivity index is 2.02. The van der Waals surface area contributed by atoms with Crippen molar-refractivity contribution in [3.05, 3.63) is 89.4 Å². The zero-order valence-corrected chi connectivity index (χ0v) is 23.2. The molecule has 0 spiro atoms. The van der Waals surface area contributed by atoms with E-state index in [0.29, 0.717) is 29.4 Å². The van der Waals surface area contributed by atoms with Crippen LogP contribution in [0.5, 0.6) is 5.75 Å². The lowest BCUT2D eigenvalue weighted by Gasteiger charge is -2.33. The van der Waals surface area contributed by atoms with Crippen LogP contribution in [-0.4, -0.2) is 51.4 Å². The fourth-order valence-electron chi connectivity index (χ4n) is 4.00. The first-order chi connectivity index (χ1) is 18.2. The lowest BCUT2D eigenvalue weighted by atomic mass is 10.1. The number of hydrogen-bond acceptors (Lipinski definition) is 5. The number of benzene rings is 3. The fraction of sp³-hybridized carbons (Fsp3) is 0.286. The summed E-state index contributed by atoms with van der Waals surface area (Å²) in [6.45, 7) is 3.62. The van der Waals surface area contributed by atoms with Gasteiger partial charge in [0.25, 0.3) is 10.0 Å². The Labute approximate surface area is 229 Å². The van der Waals surface area contributed by atoms with Crippen LogP contribution >= 0.6 is 11.6 Å². The quantitative estimate of drug-likeness (QED) is 0.354. The molecule has 3 rings (SSSR count). The van der Waals surface area contributed by atoms with Gasteiger partial charge in [0.2, 0.25) is 11.8 Å². The predicted molar refractivity (Wildman–Crippen MR) is 149 cm³/mol. The minimum Gasteiger partial charge on any atom is -0.497 e. The highest BCUT2D eigenvalue weighted by Crippen LogP contribution is 2.26. The Morgan fingerprint density at radius 3 is 2.13 bits per heavy atom. The van der Waals surface area contributed by atoms with Gasteiger partial charge in [-0.2, -0.15) is 0 Å². The first-order valence-corrected chi connectivity index (χ1v) is 14.1. The summed E-state index contributed by atoms with van der Waals surface area (Å²) < 4.78 is 33.8. The van der Waals surface area contributed by atoms with Crippen molar-refractivity contribution in [2.75, 3.05) is 24.5 Å². The van der Waals surface area contributed by atoms with Crippen molar-refractivity contribution in [2.45, 2.75) is 37.8 Å². The van der Waals surface area contributed by atoms with Crippen molar-refractivity contribution in [3.8, 4) is 5.75 Å². The second-order valence-corrected chi connectivity index (χ2v) is 10.8. The molecule has 202 valence electrons. The summed E-state index contributed by atoms with van der Waals surface area (Å²) >= 11 is 6.03. The number of carbonyl (C=O) groups excluding carboxylic acids is 2. The Morgan fingerprint density at radius 1 is 0.947 bits per heavy atom. The number of para-hydroxylation sites is 1. The fourth-order valence-corrected chi connectivity index (χ4v) is 5.54. The van der Waals surface area contributed by atoms with Gasteiger partial charge in [0.15, 0.2) is 0 Å². The molecule has 0 bridgehead atoms. The third kappa shape index (κ3) is 7.05. The molecule has 0 aliphatic heterocycles. The Kier molecular flexibility index (Phi) is 10.2. The Morgan fingerprint density at radius 2 is 1.58 bits per heavy atom. The van der Waals surface area contributed by atoms with Crippen LogP contribution in [0.1, 0.15) is 25.8 Å². The lowest BCUT2D eigenvalue weighted by Crippen LogP contribution is -2.52. The number of rotatable bonds is 12. The van der Waals surface area contributed by atoms with Gasteiger partial charge in [-0.25, -0.2) is 8.42 Å². The maximum absolute atomic E-state index is 13.9. The molecule has 0 saturated carbocycles. The molecule has 3 aromatic carbocycles. The van der Waals surface area contributed by atoms with Crippen molar-refractivity contribution < 1.29 is 22.7 Å². The molecule has 0 aliphatic carbocycles. The number of likely N-dealkylation sites (N-methyl/N-ethyl adjacent to an activating group) is 1. The highest BCUT2D eigenvalue weighted by Gasteiger charge is 2.33. The van der Waals surface area contributed by atoms with Gasteiger partial charge in [0, 0.05) is 18.1 Å². The van der Waals surface area contributed by atoms with Gasteiger partial charge in [0.05, 0.1) is 17.7 Å². The molecule has 0 radical (unpaired) electrons. The van der Waals surface area contributed by atoms with E-state index in [4.69, 9.17) is 16.3 Å². The van der Waals surface area contributed by atoms with Crippen LogP contribution in [0, 0.1) is 0 Å². The molecule has 8 nitrogen and oxygen atoms in total. The number of anilines is 1. The van der Waals surface area contributed by atoms with Crippen molar-refractivity contribution in [1.29, 1.82) is 0 Å². The van der Waals surface area contributed by atoms with E-state index in [2.05, 4.69) is 5.32 Å². The summed E-state index contributed by atoms with van der Waals surface area (Å²) in [5.74, 6) is -0.311. The van der Waals surface area contributed by atoms with E-state index in [1.165, 1.54) is 24.1 Å². The SMILES string of the molecule is CCNC(=O)C(CC)N(Cc1ccc(Cl)cc1)C(=O)CN(c1ccccc1)S(=O)(=O)c1ccc(OC)cc1. The van der Waals surface area contributed by atoms with Crippen LogP contribution < -0.4 is 14.4 Å². The molecule has 0 aromatic heterocycles. The van der Waals surface area contributed by atoms with E-state index in [1.807, 2.05) is 6.92 Å². The zero-order chi connectivity index (χ0) is 27.7. The number of amides is 2. The van der Waals surface area contributed by atoms with Gasteiger partial charge in [-0.05, 0) is 67.4 Å². The number of halogens is 1. The van der Waals surface area contributed by atoms with Crippen molar-refractivity contribution in [2.24, 2.45) is 0 Å². The number of carbonyl (C=O) groups is 2. The summed E-state index contributed by atoms with van der Waals surface area (Å²) in [6, 6.07) is 20.5. The summed E-state index contributed by atoms with van der Waals surface area (Å²) in [4.78, 5) is 28.2. The van der Waals surface area contributed by atoms with E-state index in [1.54, 1.807) is 73.7 Å². The highest BCUT2D eigenvalue weighted by atomic mass is 35.5. The van der Waals surface area contributed by atoms with Crippen LogP contribution in [0.4, 0.5) is 5.69 Å². The predicted octanol–water partition coefficient (Wildman–Crippen LogP) is 4.49. The molecular weight excluding hydrogens is 526 g/mol. The second kappa shape index (κ2) is 13.3. The summed E-state index contributed by atoms with van der Waals surface area (Å²) in [5.41, 5.74) is 1.09. The zero-order valence-electron chi connectivity index (χ0n) is 21.6. The van der Waals surface area contributed by atoms with Crippen molar-refractivity contribution in [1.82, 2.24) is 10.2 Å².